The van der Waals surface area contributed by atoms with Gasteiger partial charge >= 0.3 is 0 Å². The summed E-state index contributed by atoms with van der Waals surface area (Å²) in [4.78, 5) is 12.3. The summed E-state index contributed by atoms with van der Waals surface area (Å²) in [5.74, 6) is 0.603. The predicted molar refractivity (Wildman–Crippen MR) is 93.1 cm³/mol. The SMILES string of the molecule is Cc1ccc(O[C@H](C)C(=O)Nc2ccc3c(c2)CCC3)cc1C. The summed E-state index contributed by atoms with van der Waals surface area (Å²) in [6.45, 7) is 5.87. The highest BCUT2D eigenvalue weighted by Crippen LogP contribution is 2.25. The zero-order valence-electron chi connectivity index (χ0n) is 14.0. The molecule has 1 aliphatic carbocycles. The molecule has 0 bridgehead atoms. The Hall–Kier alpha value is -2.29. The maximum atomic E-state index is 12.3. The molecule has 0 saturated heterocycles. The number of hydrogen-bond acceptors (Lipinski definition) is 2. The van der Waals surface area contributed by atoms with Crippen molar-refractivity contribution in [3.05, 3.63) is 58.7 Å². The number of benzene rings is 2. The van der Waals surface area contributed by atoms with E-state index in [4.69, 9.17) is 4.74 Å². The summed E-state index contributed by atoms with van der Waals surface area (Å²) >= 11 is 0. The third-order valence-electron chi connectivity index (χ3n) is 4.53. The maximum Gasteiger partial charge on any atom is 0.265 e. The van der Waals surface area contributed by atoms with Crippen molar-refractivity contribution in [3.8, 4) is 5.75 Å². The third-order valence-corrected chi connectivity index (χ3v) is 4.53. The van der Waals surface area contributed by atoms with E-state index in [9.17, 15) is 4.79 Å². The van der Waals surface area contributed by atoms with Crippen LogP contribution in [0.3, 0.4) is 0 Å². The van der Waals surface area contributed by atoms with Crippen LogP contribution in [0.5, 0.6) is 5.75 Å². The van der Waals surface area contributed by atoms with Gasteiger partial charge in [0.25, 0.3) is 5.91 Å². The summed E-state index contributed by atoms with van der Waals surface area (Å²) in [6.07, 6.45) is 2.92. The lowest BCUT2D eigenvalue weighted by molar-refractivity contribution is -0.122. The summed E-state index contributed by atoms with van der Waals surface area (Å²) < 4.78 is 5.76. The summed E-state index contributed by atoms with van der Waals surface area (Å²) in [5.41, 5.74) is 5.99. The van der Waals surface area contributed by atoms with Gasteiger partial charge < -0.3 is 10.1 Å². The molecule has 2 aromatic carbocycles. The van der Waals surface area contributed by atoms with Gasteiger partial charge in [-0.15, -0.1) is 0 Å². The molecule has 0 unspecified atom stereocenters. The number of carbonyl (C=O) groups is 1. The van der Waals surface area contributed by atoms with Crippen molar-refractivity contribution in [2.75, 3.05) is 5.32 Å². The second kappa shape index (κ2) is 6.45. The first-order chi connectivity index (χ1) is 11.0. The van der Waals surface area contributed by atoms with Gasteiger partial charge in [0.15, 0.2) is 6.10 Å². The molecular formula is C20H23NO2. The highest BCUT2D eigenvalue weighted by atomic mass is 16.5. The van der Waals surface area contributed by atoms with Crippen molar-refractivity contribution in [2.24, 2.45) is 0 Å². The molecule has 0 radical (unpaired) electrons. The molecule has 3 nitrogen and oxygen atoms in total. The molecule has 1 atom stereocenters. The van der Waals surface area contributed by atoms with Crippen LogP contribution in [0.4, 0.5) is 5.69 Å². The van der Waals surface area contributed by atoms with Gasteiger partial charge in [-0.1, -0.05) is 12.1 Å². The zero-order valence-corrected chi connectivity index (χ0v) is 14.0. The Morgan fingerprint density at radius 1 is 1.04 bits per heavy atom. The second-order valence-electron chi connectivity index (χ2n) is 6.33. The number of hydrogen-bond donors (Lipinski definition) is 1. The van der Waals surface area contributed by atoms with Gasteiger partial charge in [0.2, 0.25) is 0 Å². The van der Waals surface area contributed by atoms with Crippen LogP contribution in [0.15, 0.2) is 36.4 Å². The van der Waals surface area contributed by atoms with E-state index in [0.29, 0.717) is 0 Å². The number of nitrogens with one attached hydrogen (secondary N) is 1. The molecule has 0 spiro atoms. The Labute approximate surface area is 137 Å². The van der Waals surface area contributed by atoms with E-state index in [0.717, 1.165) is 29.8 Å². The van der Waals surface area contributed by atoms with Gasteiger partial charge in [0.1, 0.15) is 5.75 Å². The van der Waals surface area contributed by atoms with Crippen LogP contribution in [-0.2, 0) is 17.6 Å². The maximum absolute atomic E-state index is 12.3. The van der Waals surface area contributed by atoms with E-state index in [-0.39, 0.29) is 5.91 Å². The van der Waals surface area contributed by atoms with Crippen molar-refractivity contribution in [1.29, 1.82) is 0 Å². The lowest BCUT2D eigenvalue weighted by Gasteiger charge is -2.16. The average Bonchev–Trinajstić information content (AvgIpc) is 2.98. The Balaban J connectivity index is 1.64. The van der Waals surface area contributed by atoms with Crippen molar-refractivity contribution < 1.29 is 9.53 Å². The normalized spacial score (nSPS) is 14.2. The van der Waals surface area contributed by atoms with E-state index < -0.39 is 6.10 Å². The van der Waals surface area contributed by atoms with E-state index in [1.54, 1.807) is 6.92 Å². The first-order valence-electron chi connectivity index (χ1n) is 8.19. The largest absolute Gasteiger partial charge is 0.481 e. The number of anilines is 1. The fourth-order valence-corrected chi connectivity index (χ4v) is 2.94. The van der Waals surface area contributed by atoms with Gasteiger partial charge in [0, 0.05) is 5.69 Å². The smallest absolute Gasteiger partial charge is 0.265 e. The molecule has 0 aromatic heterocycles. The van der Waals surface area contributed by atoms with Crippen LogP contribution < -0.4 is 10.1 Å². The van der Waals surface area contributed by atoms with E-state index >= 15 is 0 Å². The number of carbonyl (C=O) groups excluding carboxylic acids is 1. The van der Waals surface area contributed by atoms with Crippen molar-refractivity contribution in [3.63, 3.8) is 0 Å². The lowest BCUT2D eigenvalue weighted by atomic mass is 10.1. The second-order valence-corrected chi connectivity index (χ2v) is 6.33. The summed E-state index contributed by atoms with van der Waals surface area (Å²) in [7, 11) is 0. The van der Waals surface area contributed by atoms with Crippen LogP contribution >= 0.6 is 0 Å². The highest BCUT2D eigenvalue weighted by molar-refractivity contribution is 5.94. The predicted octanol–water partition coefficient (Wildman–Crippen LogP) is 4.20. The number of aryl methyl sites for hydroxylation is 4. The Morgan fingerprint density at radius 3 is 2.61 bits per heavy atom. The molecule has 3 heteroatoms. The zero-order chi connectivity index (χ0) is 16.4. The molecular weight excluding hydrogens is 286 g/mol. The molecule has 1 aliphatic rings. The first kappa shape index (κ1) is 15.6. The molecule has 1 amide bonds. The van der Waals surface area contributed by atoms with Gasteiger partial charge in [0.05, 0.1) is 0 Å². The molecule has 0 saturated carbocycles. The lowest BCUT2D eigenvalue weighted by Crippen LogP contribution is -2.30. The Kier molecular flexibility index (Phi) is 4.37. The summed E-state index contributed by atoms with van der Waals surface area (Å²) in [6, 6.07) is 12.1. The van der Waals surface area contributed by atoms with Crippen LogP contribution in [-0.4, -0.2) is 12.0 Å². The van der Waals surface area contributed by atoms with Crippen molar-refractivity contribution in [1.82, 2.24) is 0 Å². The van der Waals surface area contributed by atoms with Crippen molar-refractivity contribution >= 4 is 11.6 Å². The Bertz CT molecular complexity index is 736. The quantitative estimate of drug-likeness (QED) is 0.919. The Morgan fingerprint density at radius 2 is 1.83 bits per heavy atom. The molecule has 23 heavy (non-hydrogen) atoms. The van der Waals surface area contributed by atoms with Gasteiger partial charge in [-0.2, -0.15) is 0 Å². The van der Waals surface area contributed by atoms with Crippen molar-refractivity contribution in [2.45, 2.75) is 46.1 Å². The molecule has 0 fully saturated rings. The topological polar surface area (TPSA) is 38.3 Å². The van der Waals surface area contributed by atoms with Crippen LogP contribution in [0, 0.1) is 13.8 Å². The minimum Gasteiger partial charge on any atom is -0.481 e. The number of ether oxygens (including phenoxy) is 1. The fourth-order valence-electron chi connectivity index (χ4n) is 2.94. The van der Waals surface area contributed by atoms with E-state index in [2.05, 4.69) is 24.4 Å². The first-order valence-corrected chi connectivity index (χ1v) is 8.19. The van der Waals surface area contributed by atoms with E-state index in [1.165, 1.54) is 23.1 Å². The minimum atomic E-state index is -0.537. The van der Waals surface area contributed by atoms with Gasteiger partial charge in [-0.3, -0.25) is 4.79 Å². The average molecular weight is 309 g/mol. The minimum absolute atomic E-state index is 0.124. The standard InChI is InChI=1S/C20H23NO2/c1-13-7-10-19(11-14(13)2)23-15(3)20(22)21-18-9-8-16-5-4-6-17(16)12-18/h7-12,15H,4-6H2,1-3H3,(H,21,22)/t15-/m1/s1. The number of amides is 1. The molecule has 2 aromatic rings. The third kappa shape index (κ3) is 3.55. The van der Waals surface area contributed by atoms with Crippen LogP contribution in [0.1, 0.15) is 35.6 Å². The van der Waals surface area contributed by atoms with Gasteiger partial charge in [-0.25, -0.2) is 0 Å². The summed E-state index contributed by atoms with van der Waals surface area (Å²) in [5, 5.41) is 2.95. The fraction of sp³-hybridized carbons (Fsp3) is 0.350. The molecule has 0 aliphatic heterocycles. The molecule has 0 heterocycles. The molecule has 120 valence electrons. The number of rotatable bonds is 4. The van der Waals surface area contributed by atoms with Crippen LogP contribution in [0.2, 0.25) is 0 Å². The number of fused-ring (bicyclic) bond motifs is 1. The molecule has 1 N–H and O–H groups in total. The monoisotopic (exact) mass is 309 g/mol. The van der Waals surface area contributed by atoms with E-state index in [1.807, 2.05) is 31.2 Å². The van der Waals surface area contributed by atoms with Crippen LogP contribution in [0.25, 0.3) is 0 Å². The molecule has 3 rings (SSSR count). The highest BCUT2D eigenvalue weighted by Gasteiger charge is 2.17. The van der Waals surface area contributed by atoms with Gasteiger partial charge in [-0.05, 0) is 86.6 Å².